The summed E-state index contributed by atoms with van der Waals surface area (Å²) >= 11 is 6.35. The number of amides is 2. The molecule has 4 aliphatic rings. The Hall–Kier alpha value is -2.08. The van der Waals surface area contributed by atoms with Crippen molar-refractivity contribution in [1.29, 1.82) is 0 Å². The van der Waals surface area contributed by atoms with E-state index in [1.165, 1.54) is 0 Å². The molecule has 3 fully saturated rings. The first-order valence-electron chi connectivity index (χ1n) is 11.1. The van der Waals surface area contributed by atoms with E-state index < -0.39 is 5.97 Å². The van der Waals surface area contributed by atoms with E-state index in [1.54, 1.807) is 0 Å². The third-order valence-electron chi connectivity index (χ3n) is 7.08. The molecule has 1 N–H and O–H groups in total. The Morgan fingerprint density at radius 1 is 1.07 bits per heavy atom. The quantitative estimate of drug-likeness (QED) is 0.734. The maximum Gasteiger partial charge on any atom is 0.303 e. The molecule has 2 amide bonds. The molecule has 1 aromatic carbocycles. The first-order chi connectivity index (χ1) is 14.5. The van der Waals surface area contributed by atoms with Crippen LogP contribution in [0.25, 0.3) is 0 Å². The predicted molar refractivity (Wildman–Crippen MR) is 112 cm³/mol. The fraction of sp³-hybridized carbons (Fsp3) is 0.609. The Bertz CT molecular complexity index is 895. The fourth-order valence-corrected chi connectivity index (χ4v) is 5.66. The minimum atomic E-state index is -0.949. The lowest BCUT2D eigenvalue weighted by Crippen LogP contribution is -2.53. The normalized spacial score (nSPS) is 27.4. The summed E-state index contributed by atoms with van der Waals surface area (Å²) in [4.78, 5) is 41.5. The molecule has 0 saturated heterocycles. The summed E-state index contributed by atoms with van der Waals surface area (Å²) in [7, 11) is 0. The van der Waals surface area contributed by atoms with Gasteiger partial charge in [-0.25, -0.2) is 0 Å². The average molecular weight is 431 g/mol. The lowest BCUT2D eigenvalue weighted by Gasteiger charge is -2.48. The van der Waals surface area contributed by atoms with Crippen LogP contribution in [0.15, 0.2) is 18.2 Å². The van der Waals surface area contributed by atoms with Crippen molar-refractivity contribution in [3.8, 4) is 0 Å². The van der Waals surface area contributed by atoms with E-state index in [9.17, 15) is 14.4 Å². The zero-order valence-corrected chi connectivity index (χ0v) is 17.7. The van der Waals surface area contributed by atoms with Crippen LogP contribution in [0, 0.1) is 11.8 Å². The summed E-state index contributed by atoms with van der Waals surface area (Å²) in [5.41, 5.74) is 1.84. The molecule has 30 heavy (non-hydrogen) atoms. The molecule has 6 nitrogen and oxygen atoms in total. The van der Waals surface area contributed by atoms with Gasteiger partial charge in [0.25, 0.3) is 0 Å². The van der Waals surface area contributed by atoms with Gasteiger partial charge in [0.1, 0.15) is 0 Å². The highest BCUT2D eigenvalue weighted by atomic mass is 35.5. The number of aliphatic carboxylic acids is 1. The lowest BCUT2D eigenvalue weighted by atomic mass is 9.81. The summed E-state index contributed by atoms with van der Waals surface area (Å²) in [5, 5.41) is 9.66. The highest BCUT2D eigenvalue weighted by Crippen LogP contribution is 2.54. The zero-order chi connectivity index (χ0) is 21.0. The van der Waals surface area contributed by atoms with Crippen molar-refractivity contribution in [3.63, 3.8) is 0 Å². The number of carboxylic acid groups (broad SMARTS) is 1. The molecule has 7 heteroatoms. The molecular weight excluding hydrogens is 404 g/mol. The predicted octanol–water partition coefficient (Wildman–Crippen LogP) is 4.16. The molecule has 1 aromatic rings. The Morgan fingerprint density at radius 3 is 2.50 bits per heavy atom. The number of carbonyl (C=O) groups excluding carboxylic acids is 2. The summed E-state index contributed by atoms with van der Waals surface area (Å²) in [6.45, 7) is 0. The van der Waals surface area contributed by atoms with Crippen LogP contribution in [0.2, 0.25) is 5.02 Å². The third-order valence-corrected chi connectivity index (χ3v) is 7.32. The second-order valence-corrected chi connectivity index (χ2v) is 9.65. The van der Waals surface area contributed by atoms with Gasteiger partial charge in [-0.15, -0.1) is 0 Å². The van der Waals surface area contributed by atoms with E-state index in [2.05, 4.69) is 0 Å². The van der Waals surface area contributed by atoms with Gasteiger partial charge in [-0.2, -0.15) is 0 Å². The summed E-state index contributed by atoms with van der Waals surface area (Å²) in [5.74, 6) is -0.528. The number of halogens is 1. The molecule has 3 aliphatic carbocycles. The van der Waals surface area contributed by atoms with Crippen LogP contribution in [0.5, 0.6) is 0 Å². The Morgan fingerprint density at radius 2 is 1.83 bits per heavy atom. The zero-order valence-electron chi connectivity index (χ0n) is 16.9. The van der Waals surface area contributed by atoms with Crippen molar-refractivity contribution in [2.24, 2.45) is 11.8 Å². The van der Waals surface area contributed by atoms with Crippen LogP contribution in [0.3, 0.4) is 0 Å². The number of carbonyl (C=O) groups is 3. The summed E-state index contributed by atoms with van der Waals surface area (Å²) in [6, 6.07) is 5.85. The van der Waals surface area contributed by atoms with Crippen molar-refractivity contribution in [3.05, 3.63) is 28.8 Å². The molecule has 160 valence electrons. The van der Waals surface area contributed by atoms with Gasteiger partial charge in [0.15, 0.2) is 0 Å². The molecule has 3 unspecified atom stereocenters. The van der Waals surface area contributed by atoms with Gasteiger partial charge >= 0.3 is 5.97 Å². The molecule has 0 radical (unpaired) electrons. The van der Waals surface area contributed by atoms with Gasteiger partial charge in [-0.3, -0.25) is 14.4 Å². The van der Waals surface area contributed by atoms with Gasteiger partial charge in [0.2, 0.25) is 11.8 Å². The van der Waals surface area contributed by atoms with Gasteiger partial charge in [-0.1, -0.05) is 24.1 Å². The highest BCUT2D eigenvalue weighted by molar-refractivity contribution is 6.31. The van der Waals surface area contributed by atoms with Crippen molar-refractivity contribution in [2.75, 3.05) is 4.90 Å². The Labute approximate surface area is 181 Å². The molecule has 3 saturated carbocycles. The number of rotatable bonds is 6. The maximum absolute atomic E-state index is 13.2. The SMILES string of the molecule is O=C(O)CCC(=O)N(C1CC1)C1c2ccc(Cl)cc2N(C(=O)C2CC2)C2CCCC21. The molecule has 3 atom stereocenters. The van der Waals surface area contributed by atoms with E-state index in [1.807, 2.05) is 28.0 Å². The maximum atomic E-state index is 13.2. The van der Waals surface area contributed by atoms with Crippen molar-refractivity contribution in [1.82, 2.24) is 4.90 Å². The van der Waals surface area contributed by atoms with Crippen molar-refractivity contribution >= 4 is 35.1 Å². The van der Waals surface area contributed by atoms with E-state index in [0.717, 1.165) is 56.2 Å². The number of fused-ring (bicyclic) bond motifs is 2. The minimum absolute atomic E-state index is 0.0212. The number of anilines is 1. The molecule has 1 aliphatic heterocycles. The standard InChI is InChI=1S/C23H27ClN2O4/c24-14-6-9-17-19(12-14)26(23(30)13-4-5-13)18-3-1-2-16(18)22(17)25(15-7-8-15)20(27)10-11-21(28)29/h6,9,12-13,15-16,18,22H,1-5,7-8,10-11H2,(H,28,29). The summed E-state index contributed by atoms with van der Waals surface area (Å²) < 4.78 is 0. The minimum Gasteiger partial charge on any atom is -0.481 e. The van der Waals surface area contributed by atoms with E-state index in [4.69, 9.17) is 16.7 Å². The van der Waals surface area contributed by atoms with Crippen LogP contribution in [0.4, 0.5) is 5.69 Å². The molecule has 1 heterocycles. The van der Waals surface area contributed by atoms with Crippen molar-refractivity contribution < 1.29 is 19.5 Å². The monoisotopic (exact) mass is 430 g/mol. The largest absolute Gasteiger partial charge is 0.481 e. The third kappa shape index (κ3) is 3.49. The number of hydrogen-bond acceptors (Lipinski definition) is 3. The second-order valence-electron chi connectivity index (χ2n) is 9.22. The lowest BCUT2D eigenvalue weighted by molar-refractivity contribution is -0.143. The molecule has 0 bridgehead atoms. The van der Waals surface area contributed by atoms with Crippen LogP contribution in [0.1, 0.15) is 69.4 Å². The smallest absolute Gasteiger partial charge is 0.303 e. The fourth-order valence-electron chi connectivity index (χ4n) is 5.49. The van der Waals surface area contributed by atoms with Gasteiger partial charge < -0.3 is 14.9 Å². The summed E-state index contributed by atoms with van der Waals surface area (Å²) in [6.07, 6.45) is 6.64. The second kappa shape index (κ2) is 7.56. The van der Waals surface area contributed by atoms with E-state index >= 15 is 0 Å². The first-order valence-corrected chi connectivity index (χ1v) is 11.5. The van der Waals surface area contributed by atoms with Gasteiger partial charge in [0.05, 0.1) is 18.2 Å². The number of hydrogen-bond donors (Lipinski definition) is 1. The van der Waals surface area contributed by atoms with Crippen LogP contribution >= 0.6 is 11.6 Å². The number of nitrogens with zero attached hydrogens (tertiary/aromatic N) is 2. The molecule has 5 rings (SSSR count). The highest BCUT2D eigenvalue weighted by Gasteiger charge is 2.52. The van der Waals surface area contributed by atoms with Crippen LogP contribution in [-0.4, -0.2) is 39.9 Å². The Kier molecular flexibility index (Phi) is 5.00. The van der Waals surface area contributed by atoms with Crippen molar-refractivity contribution in [2.45, 2.75) is 75.9 Å². The Balaban J connectivity index is 1.57. The number of benzene rings is 1. The topological polar surface area (TPSA) is 77.9 Å². The van der Waals surface area contributed by atoms with E-state index in [-0.39, 0.29) is 54.6 Å². The molecule has 0 spiro atoms. The van der Waals surface area contributed by atoms with Gasteiger partial charge in [-0.05, 0) is 56.2 Å². The van der Waals surface area contributed by atoms with Crippen LogP contribution in [-0.2, 0) is 14.4 Å². The van der Waals surface area contributed by atoms with Crippen LogP contribution < -0.4 is 4.90 Å². The average Bonchev–Trinajstić information content (AvgIpc) is 3.64. The molecular formula is C23H27ClN2O4. The molecule has 0 aromatic heterocycles. The first kappa shape index (κ1) is 19.9. The number of carboxylic acids is 1. The van der Waals surface area contributed by atoms with E-state index in [0.29, 0.717) is 5.02 Å². The van der Waals surface area contributed by atoms with Gasteiger partial charge in [0, 0.05) is 35.4 Å².